The molecule has 104 valence electrons. The quantitative estimate of drug-likeness (QED) is 0.840. The third kappa shape index (κ3) is 3.44. The lowest BCUT2D eigenvalue weighted by Gasteiger charge is -2.15. The number of hydrogen-bond acceptors (Lipinski definition) is 3. The number of carbonyl (C=O) groups excluding carboxylic acids is 1. The highest BCUT2D eigenvalue weighted by atomic mass is 32.2. The summed E-state index contributed by atoms with van der Waals surface area (Å²) in [5.41, 5.74) is 2.77. The van der Waals surface area contributed by atoms with Gasteiger partial charge in [0.2, 0.25) is 0 Å². The molecule has 1 fully saturated rings. The van der Waals surface area contributed by atoms with Crippen molar-refractivity contribution in [1.29, 1.82) is 0 Å². The van der Waals surface area contributed by atoms with Crippen molar-refractivity contribution in [2.24, 2.45) is 0 Å². The van der Waals surface area contributed by atoms with Crippen molar-refractivity contribution >= 4 is 23.4 Å². The van der Waals surface area contributed by atoms with Gasteiger partial charge in [-0.25, -0.2) is 0 Å². The van der Waals surface area contributed by atoms with Gasteiger partial charge < -0.3 is 10.6 Å². The van der Waals surface area contributed by atoms with Gasteiger partial charge in [-0.1, -0.05) is 11.6 Å². The van der Waals surface area contributed by atoms with Gasteiger partial charge in [-0.3, -0.25) is 4.79 Å². The second kappa shape index (κ2) is 5.87. The first kappa shape index (κ1) is 14.3. The van der Waals surface area contributed by atoms with Crippen LogP contribution in [0.1, 0.15) is 35.7 Å². The van der Waals surface area contributed by atoms with Crippen LogP contribution in [0, 0.1) is 6.92 Å². The second-order valence-corrected chi connectivity index (χ2v) is 6.42. The molecule has 0 unspecified atom stereocenters. The summed E-state index contributed by atoms with van der Waals surface area (Å²) in [7, 11) is 0. The van der Waals surface area contributed by atoms with Crippen LogP contribution in [0.25, 0.3) is 0 Å². The number of aryl methyl sites for hydroxylation is 1. The summed E-state index contributed by atoms with van der Waals surface area (Å²) in [4.78, 5) is 12.3. The number of benzene rings is 1. The maximum Gasteiger partial charge on any atom is 0.253 e. The molecule has 1 aliphatic rings. The summed E-state index contributed by atoms with van der Waals surface area (Å²) in [6.45, 7) is 5.63. The minimum absolute atomic E-state index is 0.0278. The van der Waals surface area contributed by atoms with E-state index in [1.807, 2.05) is 43.8 Å². The summed E-state index contributed by atoms with van der Waals surface area (Å²) in [6, 6.07) is 5.96. The van der Waals surface area contributed by atoms with Crippen molar-refractivity contribution in [3.05, 3.63) is 29.3 Å². The van der Waals surface area contributed by atoms with Gasteiger partial charge in [0.15, 0.2) is 0 Å². The first-order valence-corrected chi connectivity index (χ1v) is 8.00. The van der Waals surface area contributed by atoms with E-state index in [4.69, 9.17) is 0 Å². The highest BCUT2D eigenvalue weighted by Gasteiger charge is 2.42. The van der Waals surface area contributed by atoms with Crippen LogP contribution < -0.4 is 10.6 Å². The Hall–Kier alpha value is -1.16. The Morgan fingerprint density at radius 2 is 2.16 bits per heavy atom. The van der Waals surface area contributed by atoms with Crippen molar-refractivity contribution < 1.29 is 4.79 Å². The molecule has 0 aromatic heterocycles. The summed E-state index contributed by atoms with van der Waals surface area (Å²) in [6.07, 6.45) is 4.54. The van der Waals surface area contributed by atoms with Crippen LogP contribution in [0.4, 0.5) is 5.69 Å². The lowest BCUT2D eigenvalue weighted by atomic mass is 10.1. The molecule has 0 saturated heterocycles. The van der Waals surface area contributed by atoms with Gasteiger partial charge in [-0.15, -0.1) is 0 Å². The smallest absolute Gasteiger partial charge is 0.253 e. The van der Waals surface area contributed by atoms with Gasteiger partial charge >= 0.3 is 0 Å². The summed E-state index contributed by atoms with van der Waals surface area (Å²) >= 11 is 1.86. The monoisotopic (exact) mass is 278 g/mol. The molecular formula is C15H22N2OS. The lowest BCUT2D eigenvalue weighted by molar-refractivity contribution is 0.0953. The third-order valence-corrected chi connectivity index (χ3v) is 5.02. The molecular weight excluding hydrogens is 256 g/mol. The van der Waals surface area contributed by atoms with Gasteiger partial charge in [-0.2, -0.15) is 11.8 Å². The molecule has 0 radical (unpaired) electrons. The average Bonchev–Trinajstić information content (AvgIpc) is 3.19. The van der Waals surface area contributed by atoms with Crippen LogP contribution in [-0.4, -0.2) is 30.0 Å². The molecule has 2 N–H and O–H groups in total. The predicted molar refractivity (Wildman–Crippen MR) is 83.2 cm³/mol. The van der Waals surface area contributed by atoms with Crippen molar-refractivity contribution in [3.8, 4) is 0 Å². The Morgan fingerprint density at radius 3 is 2.74 bits per heavy atom. The molecule has 2 rings (SSSR count). The Balaban J connectivity index is 2.07. The lowest BCUT2D eigenvalue weighted by Crippen LogP contribution is -2.32. The molecule has 0 bridgehead atoms. The number of nitrogens with one attached hydrogen (secondary N) is 2. The Bertz CT molecular complexity index is 469. The van der Waals surface area contributed by atoms with Crippen LogP contribution in [0.15, 0.2) is 18.2 Å². The molecule has 0 aliphatic heterocycles. The maximum absolute atomic E-state index is 12.3. The number of anilines is 1. The van der Waals surface area contributed by atoms with Crippen LogP contribution in [-0.2, 0) is 0 Å². The van der Waals surface area contributed by atoms with Crippen LogP contribution in [0.2, 0.25) is 0 Å². The van der Waals surface area contributed by atoms with E-state index in [0.29, 0.717) is 4.75 Å². The zero-order valence-electron chi connectivity index (χ0n) is 11.9. The normalized spacial score (nSPS) is 15.9. The highest BCUT2D eigenvalue weighted by molar-refractivity contribution is 8.00. The fraction of sp³-hybridized carbons (Fsp3) is 0.533. The van der Waals surface area contributed by atoms with E-state index in [0.717, 1.165) is 29.9 Å². The molecule has 3 nitrogen and oxygen atoms in total. The average molecular weight is 278 g/mol. The fourth-order valence-electron chi connectivity index (χ4n) is 2.12. The predicted octanol–water partition coefficient (Wildman–Crippen LogP) is 3.05. The molecule has 1 amide bonds. The Morgan fingerprint density at radius 1 is 1.42 bits per heavy atom. The molecule has 19 heavy (non-hydrogen) atoms. The fourth-order valence-corrected chi connectivity index (χ4v) is 2.85. The number of rotatable bonds is 6. The van der Waals surface area contributed by atoms with Crippen molar-refractivity contribution in [2.75, 3.05) is 24.7 Å². The first-order valence-electron chi connectivity index (χ1n) is 6.78. The topological polar surface area (TPSA) is 41.1 Å². The molecule has 1 aliphatic carbocycles. The van der Waals surface area contributed by atoms with Crippen molar-refractivity contribution in [2.45, 2.75) is 31.4 Å². The van der Waals surface area contributed by atoms with E-state index in [-0.39, 0.29) is 5.91 Å². The Labute approximate surface area is 119 Å². The minimum Gasteiger partial charge on any atom is -0.385 e. The van der Waals surface area contributed by atoms with Crippen LogP contribution in [0.5, 0.6) is 0 Å². The maximum atomic E-state index is 12.3. The van der Waals surface area contributed by atoms with Gasteiger partial charge in [-0.05, 0) is 45.1 Å². The number of amides is 1. The number of carbonyl (C=O) groups is 1. The SMILES string of the molecule is CCNc1ccc(C)cc1C(=O)NCC1(SC)CC1. The molecule has 1 aromatic rings. The number of thioether (sulfide) groups is 1. The Kier molecular flexibility index (Phi) is 4.40. The van der Waals surface area contributed by atoms with E-state index in [1.165, 1.54) is 12.8 Å². The molecule has 0 spiro atoms. The zero-order chi connectivity index (χ0) is 13.9. The molecule has 0 heterocycles. The van der Waals surface area contributed by atoms with E-state index >= 15 is 0 Å². The van der Waals surface area contributed by atoms with Gasteiger partial charge in [0.1, 0.15) is 0 Å². The van der Waals surface area contributed by atoms with Crippen molar-refractivity contribution in [1.82, 2.24) is 5.32 Å². The van der Waals surface area contributed by atoms with Crippen molar-refractivity contribution in [3.63, 3.8) is 0 Å². The van der Waals surface area contributed by atoms with Gasteiger partial charge in [0.25, 0.3) is 5.91 Å². The summed E-state index contributed by atoms with van der Waals surface area (Å²) in [5, 5.41) is 6.32. The molecule has 0 atom stereocenters. The largest absolute Gasteiger partial charge is 0.385 e. The molecule has 1 saturated carbocycles. The van der Waals surface area contributed by atoms with E-state index in [9.17, 15) is 4.79 Å². The first-order chi connectivity index (χ1) is 9.10. The summed E-state index contributed by atoms with van der Waals surface area (Å²) < 4.78 is 0.303. The standard InChI is InChI=1S/C15H22N2OS/c1-4-16-13-6-5-11(2)9-12(13)14(18)17-10-15(19-3)7-8-15/h5-6,9,16H,4,7-8,10H2,1-3H3,(H,17,18). The molecule has 1 aromatic carbocycles. The zero-order valence-corrected chi connectivity index (χ0v) is 12.7. The van der Waals surface area contributed by atoms with E-state index < -0.39 is 0 Å². The highest BCUT2D eigenvalue weighted by Crippen LogP contribution is 2.46. The minimum atomic E-state index is 0.0278. The van der Waals surface area contributed by atoms with Gasteiger partial charge in [0, 0.05) is 23.5 Å². The third-order valence-electron chi connectivity index (χ3n) is 3.60. The van der Waals surface area contributed by atoms with Gasteiger partial charge in [0.05, 0.1) is 5.56 Å². The molecule has 4 heteroatoms. The number of hydrogen-bond donors (Lipinski definition) is 2. The van der Waals surface area contributed by atoms with Crippen LogP contribution in [0.3, 0.4) is 0 Å². The van der Waals surface area contributed by atoms with E-state index in [1.54, 1.807) is 0 Å². The summed E-state index contributed by atoms with van der Waals surface area (Å²) in [5.74, 6) is 0.0278. The van der Waals surface area contributed by atoms with Crippen LogP contribution >= 0.6 is 11.8 Å². The van der Waals surface area contributed by atoms with E-state index in [2.05, 4.69) is 16.9 Å². The second-order valence-electron chi connectivity index (χ2n) is 5.15.